The first kappa shape index (κ1) is 21.3. The van der Waals surface area contributed by atoms with Crippen LogP contribution in [0.5, 0.6) is 0 Å². The highest BCUT2D eigenvalue weighted by molar-refractivity contribution is 6.08. The Morgan fingerprint density at radius 3 is 2.69 bits per heavy atom. The lowest BCUT2D eigenvalue weighted by Gasteiger charge is -2.32. The Bertz CT molecular complexity index is 855. The molecule has 156 valence electrons. The fourth-order valence-corrected chi connectivity index (χ4v) is 3.84. The van der Waals surface area contributed by atoms with Crippen molar-refractivity contribution < 1.29 is 18.4 Å². The predicted octanol–water partition coefficient (Wildman–Crippen LogP) is 2.21. The van der Waals surface area contributed by atoms with E-state index in [9.17, 15) is 14.0 Å². The van der Waals surface area contributed by atoms with Gasteiger partial charge in [-0.2, -0.15) is 0 Å². The van der Waals surface area contributed by atoms with E-state index in [4.69, 9.17) is 4.42 Å². The molecule has 1 aromatic carbocycles. The van der Waals surface area contributed by atoms with E-state index in [1.165, 1.54) is 36.8 Å². The van der Waals surface area contributed by atoms with Crippen LogP contribution in [0.1, 0.15) is 27.1 Å². The summed E-state index contributed by atoms with van der Waals surface area (Å²) in [5.74, 6) is -1.16. The quantitative estimate of drug-likeness (QED) is 0.790. The van der Waals surface area contributed by atoms with Crippen molar-refractivity contribution in [2.24, 2.45) is 0 Å². The molecule has 2 aliphatic rings. The molecule has 2 amide bonds. The van der Waals surface area contributed by atoms with Crippen molar-refractivity contribution in [1.29, 1.82) is 0 Å². The molecule has 1 atom stereocenters. The van der Waals surface area contributed by atoms with Crippen molar-refractivity contribution in [1.82, 2.24) is 15.1 Å². The average molecular weight is 423 g/mol. The third kappa shape index (κ3) is 4.77. The summed E-state index contributed by atoms with van der Waals surface area (Å²) in [5, 5.41) is 5.96. The minimum atomic E-state index is -0.515. The van der Waals surface area contributed by atoms with Gasteiger partial charge < -0.3 is 20.0 Å². The number of anilines is 1. The van der Waals surface area contributed by atoms with Crippen LogP contribution in [-0.2, 0) is 0 Å². The molecule has 0 radical (unpaired) electrons. The molecule has 2 N–H and O–H groups in total. The van der Waals surface area contributed by atoms with Crippen molar-refractivity contribution in [3.05, 3.63) is 53.7 Å². The molecule has 3 heterocycles. The normalized spacial score (nSPS) is 19.6. The summed E-state index contributed by atoms with van der Waals surface area (Å²) in [6, 6.07) is 5.70. The highest BCUT2D eigenvalue weighted by Gasteiger charge is 2.32. The maximum Gasteiger partial charge on any atom is 0.258 e. The van der Waals surface area contributed by atoms with E-state index in [0.29, 0.717) is 30.3 Å². The number of carbonyl (C=O) groups excluding carboxylic acids is 2. The molecule has 4 rings (SSSR count). The Morgan fingerprint density at radius 2 is 1.97 bits per heavy atom. The van der Waals surface area contributed by atoms with Crippen LogP contribution in [0.15, 0.2) is 41.2 Å². The largest absolute Gasteiger partial charge is 0.472 e. The standard InChI is InChI=1S/C20H23FN4O3.ClH/c21-15-1-2-17(18(11-15)23-19(26)14-4-10-28-13-14)20(27)25-7-3-16(12-25)24-8-5-22-6-9-24;/h1-2,4,10-11,13,16,22H,3,5-9,12H2,(H,23,26);1H. The number of hydrogen-bond acceptors (Lipinski definition) is 5. The third-order valence-electron chi connectivity index (χ3n) is 5.36. The number of amides is 2. The summed E-state index contributed by atoms with van der Waals surface area (Å²) in [6.07, 6.45) is 3.60. The minimum Gasteiger partial charge on any atom is -0.472 e. The van der Waals surface area contributed by atoms with Crippen molar-refractivity contribution >= 4 is 29.9 Å². The minimum absolute atomic E-state index is 0. The van der Waals surface area contributed by atoms with Crippen LogP contribution in [0, 0.1) is 5.82 Å². The van der Waals surface area contributed by atoms with E-state index in [2.05, 4.69) is 15.5 Å². The van der Waals surface area contributed by atoms with Gasteiger partial charge in [-0.25, -0.2) is 4.39 Å². The van der Waals surface area contributed by atoms with Crippen molar-refractivity contribution in [3.8, 4) is 0 Å². The number of piperazine rings is 1. The number of carbonyl (C=O) groups is 2. The van der Waals surface area contributed by atoms with Crippen LogP contribution in [-0.4, -0.2) is 66.9 Å². The Morgan fingerprint density at radius 1 is 1.17 bits per heavy atom. The van der Waals surface area contributed by atoms with Gasteiger partial charge >= 0.3 is 0 Å². The van der Waals surface area contributed by atoms with Crippen LogP contribution in [0.25, 0.3) is 0 Å². The van der Waals surface area contributed by atoms with Gasteiger partial charge in [-0.05, 0) is 30.7 Å². The molecule has 29 heavy (non-hydrogen) atoms. The second-order valence-electron chi connectivity index (χ2n) is 7.14. The van der Waals surface area contributed by atoms with E-state index >= 15 is 0 Å². The Labute approximate surface area is 174 Å². The summed E-state index contributed by atoms with van der Waals surface area (Å²) in [6.45, 7) is 5.19. The molecule has 2 aliphatic heterocycles. The number of furan rings is 1. The molecule has 1 unspecified atom stereocenters. The zero-order valence-electron chi connectivity index (χ0n) is 15.9. The van der Waals surface area contributed by atoms with E-state index in [1.54, 1.807) is 4.90 Å². The molecule has 9 heteroatoms. The Kier molecular flexibility index (Phi) is 6.89. The molecule has 0 aliphatic carbocycles. The first-order valence-electron chi connectivity index (χ1n) is 9.49. The maximum absolute atomic E-state index is 13.8. The fraction of sp³-hybridized carbons (Fsp3) is 0.400. The number of halogens is 2. The van der Waals surface area contributed by atoms with Gasteiger partial charge in [0.25, 0.3) is 11.8 Å². The number of nitrogens with zero attached hydrogens (tertiary/aromatic N) is 2. The zero-order chi connectivity index (χ0) is 19.5. The fourth-order valence-electron chi connectivity index (χ4n) is 3.84. The van der Waals surface area contributed by atoms with Gasteiger partial charge in [-0.15, -0.1) is 12.4 Å². The van der Waals surface area contributed by atoms with Crippen molar-refractivity contribution in [3.63, 3.8) is 0 Å². The summed E-state index contributed by atoms with van der Waals surface area (Å²) >= 11 is 0. The number of benzene rings is 1. The van der Waals surface area contributed by atoms with E-state index in [0.717, 1.165) is 32.6 Å². The molecule has 2 fully saturated rings. The summed E-state index contributed by atoms with van der Waals surface area (Å²) in [4.78, 5) is 29.6. The average Bonchev–Trinajstić information content (AvgIpc) is 3.41. The lowest BCUT2D eigenvalue weighted by Crippen LogP contribution is -2.49. The van der Waals surface area contributed by atoms with Crippen LogP contribution in [0.3, 0.4) is 0 Å². The molecule has 0 saturated carbocycles. The van der Waals surface area contributed by atoms with E-state index in [1.807, 2.05) is 0 Å². The van der Waals surface area contributed by atoms with Gasteiger partial charge in [0, 0.05) is 45.3 Å². The first-order valence-corrected chi connectivity index (χ1v) is 9.49. The molecular formula is C20H24ClFN4O3. The Hall–Kier alpha value is -2.42. The molecular weight excluding hydrogens is 399 g/mol. The third-order valence-corrected chi connectivity index (χ3v) is 5.36. The highest BCUT2D eigenvalue weighted by atomic mass is 35.5. The van der Waals surface area contributed by atoms with Crippen LogP contribution < -0.4 is 10.6 Å². The van der Waals surface area contributed by atoms with Crippen molar-refractivity contribution in [2.75, 3.05) is 44.6 Å². The lowest BCUT2D eigenvalue weighted by molar-refractivity contribution is 0.0774. The zero-order valence-corrected chi connectivity index (χ0v) is 16.7. The predicted molar refractivity (Wildman–Crippen MR) is 109 cm³/mol. The van der Waals surface area contributed by atoms with Gasteiger partial charge in [0.05, 0.1) is 23.1 Å². The molecule has 7 nitrogen and oxygen atoms in total. The summed E-state index contributed by atoms with van der Waals surface area (Å²) in [5.41, 5.74) is 0.767. The first-order chi connectivity index (χ1) is 13.6. The molecule has 2 saturated heterocycles. The van der Waals surface area contributed by atoms with Crippen LogP contribution in [0.2, 0.25) is 0 Å². The second-order valence-corrected chi connectivity index (χ2v) is 7.14. The van der Waals surface area contributed by atoms with Crippen LogP contribution in [0.4, 0.5) is 10.1 Å². The van der Waals surface area contributed by atoms with Gasteiger partial charge in [-0.3, -0.25) is 14.5 Å². The van der Waals surface area contributed by atoms with E-state index in [-0.39, 0.29) is 24.0 Å². The summed E-state index contributed by atoms with van der Waals surface area (Å²) in [7, 11) is 0. The number of likely N-dealkylation sites (tertiary alicyclic amines) is 1. The smallest absolute Gasteiger partial charge is 0.258 e. The SMILES string of the molecule is Cl.O=C(Nc1cc(F)ccc1C(=O)N1CCC(N2CCNCC2)C1)c1ccoc1. The maximum atomic E-state index is 13.8. The topological polar surface area (TPSA) is 77.8 Å². The lowest BCUT2D eigenvalue weighted by atomic mass is 10.1. The van der Waals surface area contributed by atoms with Gasteiger partial charge in [-0.1, -0.05) is 0 Å². The molecule has 2 aromatic rings. The Balaban J connectivity index is 0.00000240. The monoisotopic (exact) mass is 422 g/mol. The highest BCUT2D eigenvalue weighted by Crippen LogP contribution is 2.24. The van der Waals surface area contributed by atoms with Crippen molar-refractivity contribution in [2.45, 2.75) is 12.5 Å². The van der Waals surface area contributed by atoms with Gasteiger partial charge in [0.1, 0.15) is 12.1 Å². The van der Waals surface area contributed by atoms with Gasteiger partial charge in [0.2, 0.25) is 0 Å². The van der Waals surface area contributed by atoms with Crippen LogP contribution >= 0.6 is 12.4 Å². The molecule has 0 spiro atoms. The molecule has 0 bridgehead atoms. The number of rotatable bonds is 4. The number of nitrogens with one attached hydrogen (secondary N) is 2. The second kappa shape index (κ2) is 9.39. The number of hydrogen-bond donors (Lipinski definition) is 2. The summed E-state index contributed by atoms with van der Waals surface area (Å²) < 4.78 is 18.7. The molecule has 1 aromatic heterocycles. The van der Waals surface area contributed by atoms with E-state index < -0.39 is 11.7 Å². The van der Waals surface area contributed by atoms with Gasteiger partial charge in [0.15, 0.2) is 0 Å².